The number of hydrogen-bond acceptors (Lipinski definition) is 8. The molecule has 0 aliphatic carbocycles. The molecule has 1 aromatic heterocycles. The summed E-state index contributed by atoms with van der Waals surface area (Å²) in [6.07, 6.45) is -0.698. The second-order valence-corrected chi connectivity index (χ2v) is 7.86. The van der Waals surface area contributed by atoms with Crippen LogP contribution in [0.4, 0.5) is 0 Å². The Bertz CT molecular complexity index is 1260. The van der Waals surface area contributed by atoms with E-state index in [-0.39, 0.29) is 68.8 Å². The maximum Gasteiger partial charge on any atom is 0.343 e. The van der Waals surface area contributed by atoms with Crippen molar-refractivity contribution in [2.75, 3.05) is 13.9 Å². The lowest BCUT2D eigenvalue weighted by Gasteiger charge is -2.20. The molecule has 2 heterocycles. The van der Waals surface area contributed by atoms with Gasteiger partial charge in [-0.3, -0.25) is 4.79 Å². The van der Waals surface area contributed by atoms with E-state index in [0.717, 1.165) is 0 Å². The van der Waals surface area contributed by atoms with Crippen LogP contribution in [0, 0.1) is 0 Å². The number of methoxy groups -OCH3 is 1. The summed E-state index contributed by atoms with van der Waals surface area (Å²) in [6, 6.07) is 3.24. The van der Waals surface area contributed by atoms with Crippen LogP contribution in [-0.4, -0.2) is 32.1 Å². The SMILES string of the molecule is COC(=O)c1c(Cl)c(OC(C)C)c2c(=O)c3c4c(ccc3oc2c1OC(C)C)OCO4. The molecule has 0 amide bonds. The first-order valence-corrected chi connectivity index (χ1v) is 10.1. The van der Waals surface area contributed by atoms with Crippen molar-refractivity contribution in [3.63, 3.8) is 0 Å². The minimum atomic E-state index is -0.746. The molecule has 0 radical (unpaired) electrons. The van der Waals surface area contributed by atoms with Crippen LogP contribution in [0.2, 0.25) is 5.02 Å². The summed E-state index contributed by atoms with van der Waals surface area (Å²) >= 11 is 6.59. The van der Waals surface area contributed by atoms with Gasteiger partial charge in [0, 0.05) is 0 Å². The predicted molar refractivity (Wildman–Crippen MR) is 114 cm³/mol. The number of rotatable bonds is 5. The highest BCUT2D eigenvalue weighted by molar-refractivity contribution is 6.37. The zero-order chi connectivity index (χ0) is 22.4. The molecule has 3 aromatic rings. The number of esters is 1. The standard InChI is InChI=1S/C22H21ClO8/c1-9(2)29-19-15-17(24)13-11(6-7-12-18(13)28-8-27-12)31-21(15)20(30-10(3)4)14(16(19)23)22(25)26-5/h6-7,9-10H,8H2,1-5H3. The first kappa shape index (κ1) is 21.1. The molecule has 0 spiro atoms. The third kappa shape index (κ3) is 3.40. The maximum atomic E-state index is 13.7. The van der Waals surface area contributed by atoms with Gasteiger partial charge in [0.25, 0.3) is 0 Å². The van der Waals surface area contributed by atoms with Gasteiger partial charge in [-0.05, 0) is 39.8 Å². The Labute approximate surface area is 182 Å². The molecule has 0 unspecified atom stereocenters. The number of ether oxygens (including phenoxy) is 5. The van der Waals surface area contributed by atoms with Crippen molar-refractivity contribution in [3.05, 3.63) is 32.9 Å². The molecular weight excluding hydrogens is 428 g/mol. The fraction of sp³-hybridized carbons (Fsp3) is 0.364. The van der Waals surface area contributed by atoms with Crippen LogP contribution >= 0.6 is 11.6 Å². The largest absolute Gasteiger partial charge is 0.488 e. The third-order valence-corrected chi connectivity index (χ3v) is 4.93. The van der Waals surface area contributed by atoms with Gasteiger partial charge in [0.05, 0.1) is 19.3 Å². The molecule has 31 heavy (non-hydrogen) atoms. The number of fused-ring (bicyclic) bond motifs is 4. The van der Waals surface area contributed by atoms with E-state index in [1.807, 2.05) is 0 Å². The van der Waals surface area contributed by atoms with Crippen molar-refractivity contribution < 1.29 is 32.9 Å². The topological polar surface area (TPSA) is 93.4 Å². The Morgan fingerprint density at radius 2 is 1.71 bits per heavy atom. The molecule has 9 heteroatoms. The van der Waals surface area contributed by atoms with Crippen molar-refractivity contribution >= 4 is 39.5 Å². The second-order valence-electron chi connectivity index (χ2n) is 7.48. The van der Waals surface area contributed by atoms with Gasteiger partial charge >= 0.3 is 5.97 Å². The molecule has 1 aliphatic heterocycles. The van der Waals surface area contributed by atoms with Crippen LogP contribution < -0.4 is 24.4 Å². The van der Waals surface area contributed by atoms with Crippen molar-refractivity contribution in [3.8, 4) is 23.0 Å². The molecule has 0 saturated carbocycles. The number of carbonyl (C=O) groups excluding carboxylic acids is 1. The predicted octanol–water partition coefficient (Wildman–Crippen LogP) is 4.69. The molecule has 0 atom stereocenters. The highest BCUT2D eigenvalue weighted by Crippen LogP contribution is 2.46. The van der Waals surface area contributed by atoms with E-state index in [4.69, 9.17) is 39.7 Å². The van der Waals surface area contributed by atoms with Crippen LogP contribution in [0.1, 0.15) is 38.1 Å². The third-order valence-electron chi connectivity index (χ3n) is 4.57. The highest BCUT2D eigenvalue weighted by atomic mass is 35.5. The molecular formula is C22H21ClO8. The first-order valence-electron chi connectivity index (χ1n) is 9.70. The summed E-state index contributed by atoms with van der Waals surface area (Å²) in [5, 5.41) is 0.131. The zero-order valence-corrected chi connectivity index (χ0v) is 18.4. The fourth-order valence-corrected chi connectivity index (χ4v) is 3.73. The fourth-order valence-electron chi connectivity index (χ4n) is 3.42. The number of halogens is 1. The van der Waals surface area contributed by atoms with Crippen LogP contribution in [0.3, 0.4) is 0 Å². The lowest BCUT2D eigenvalue weighted by molar-refractivity contribution is 0.0594. The number of benzene rings is 2. The van der Waals surface area contributed by atoms with E-state index in [2.05, 4.69) is 0 Å². The van der Waals surface area contributed by atoms with Gasteiger partial charge in [-0.2, -0.15) is 0 Å². The van der Waals surface area contributed by atoms with Crippen LogP contribution in [0.15, 0.2) is 21.3 Å². The van der Waals surface area contributed by atoms with Crippen molar-refractivity contribution in [1.29, 1.82) is 0 Å². The maximum absolute atomic E-state index is 13.7. The molecule has 8 nitrogen and oxygen atoms in total. The van der Waals surface area contributed by atoms with Crippen molar-refractivity contribution in [2.24, 2.45) is 0 Å². The van der Waals surface area contributed by atoms with Gasteiger partial charge in [-0.25, -0.2) is 4.79 Å². The summed E-state index contributed by atoms with van der Waals surface area (Å²) in [5.41, 5.74) is -0.250. The van der Waals surface area contributed by atoms with E-state index < -0.39 is 11.4 Å². The molecule has 2 aromatic carbocycles. The second kappa shape index (κ2) is 7.85. The zero-order valence-electron chi connectivity index (χ0n) is 17.7. The van der Waals surface area contributed by atoms with Gasteiger partial charge in [0.15, 0.2) is 28.6 Å². The van der Waals surface area contributed by atoms with E-state index in [9.17, 15) is 9.59 Å². The number of hydrogen-bond donors (Lipinski definition) is 0. The molecule has 0 bridgehead atoms. The average Bonchev–Trinajstić information content (AvgIpc) is 3.18. The van der Waals surface area contributed by atoms with E-state index in [0.29, 0.717) is 5.75 Å². The highest BCUT2D eigenvalue weighted by Gasteiger charge is 2.32. The van der Waals surface area contributed by atoms with Crippen LogP contribution in [-0.2, 0) is 4.74 Å². The minimum absolute atomic E-state index is 0.00891. The lowest BCUT2D eigenvalue weighted by atomic mass is 10.1. The van der Waals surface area contributed by atoms with E-state index >= 15 is 0 Å². The molecule has 0 N–H and O–H groups in total. The molecule has 1 aliphatic rings. The summed E-state index contributed by atoms with van der Waals surface area (Å²) < 4.78 is 33.7. The van der Waals surface area contributed by atoms with Crippen molar-refractivity contribution in [2.45, 2.75) is 39.9 Å². The lowest BCUT2D eigenvalue weighted by Crippen LogP contribution is -2.17. The Morgan fingerprint density at radius 3 is 2.35 bits per heavy atom. The van der Waals surface area contributed by atoms with E-state index in [1.54, 1.807) is 39.8 Å². The molecule has 0 fully saturated rings. The molecule has 0 saturated heterocycles. The Hall–Kier alpha value is -3.13. The van der Waals surface area contributed by atoms with Gasteiger partial charge in [-0.1, -0.05) is 11.6 Å². The van der Waals surface area contributed by atoms with E-state index in [1.165, 1.54) is 7.11 Å². The van der Waals surface area contributed by atoms with Crippen LogP contribution in [0.5, 0.6) is 23.0 Å². The monoisotopic (exact) mass is 448 g/mol. The average molecular weight is 449 g/mol. The molecule has 164 valence electrons. The van der Waals surface area contributed by atoms with Gasteiger partial charge < -0.3 is 28.1 Å². The summed E-state index contributed by atoms with van der Waals surface area (Å²) in [5.74, 6) is -0.0147. The number of carbonyl (C=O) groups is 1. The Kier molecular flexibility index (Phi) is 5.35. The van der Waals surface area contributed by atoms with Crippen LogP contribution in [0.25, 0.3) is 21.9 Å². The van der Waals surface area contributed by atoms with Crippen molar-refractivity contribution in [1.82, 2.24) is 0 Å². The first-order chi connectivity index (χ1) is 14.7. The Balaban J connectivity index is 2.23. The smallest absolute Gasteiger partial charge is 0.343 e. The van der Waals surface area contributed by atoms with Gasteiger partial charge in [0.1, 0.15) is 26.9 Å². The minimum Gasteiger partial charge on any atom is -0.488 e. The quantitative estimate of drug-likeness (QED) is 0.410. The van der Waals surface area contributed by atoms with Gasteiger partial charge in [-0.15, -0.1) is 0 Å². The van der Waals surface area contributed by atoms with Gasteiger partial charge in [0.2, 0.25) is 12.2 Å². The Morgan fingerprint density at radius 1 is 1.03 bits per heavy atom. The normalized spacial score (nSPS) is 12.8. The molecule has 4 rings (SSSR count). The summed E-state index contributed by atoms with van der Waals surface area (Å²) in [6.45, 7) is 7.09. The summed E-state index contributed by atoms with van der Waals surface area (Å²) in [7, 11) is 1.22. The summed E-state index contributed by atoms with van der Waals surface area (Å²) in [4.78, 5) is 26.3.